The van der Waals surface area contributed by atoms with Gasteiger partial charge in [0, 0.05) is 6.54 Å². The molecule has 0 aromatic carbocycles. The van der Waals surface area contributed by atoms with Gasteiger partial charge in [0.15, 0.2) is 0 Å². The highest BCUT2D eigenvalue weighted by Gasteiger charge is 2.34. The van der Waals surface area contributed by atoms with Gasteiger partial charge in [0.05, 0.1) is 6.04 Å². The number of nitrogens with two attached hydrogens (primary N) is 2. The van der Waals surface area contributed by atoms with Crippen molar-refractivity contribution < 1.29 is 9.59 Å². The Balaban J connectivity index is 2.55. The maximum atomic E-state index is 11.9. The Morgan fingerprint density at radius 1 is 1.56 bits per heavy atom. The molecule has 0 aliphatic carbocycles. The first-order valence-electron chi connectivity index (χ1n) is 5.42. The van der Waals surface area contributed by atoms with E-state index in [0.29, 0.717) is 19.4 Å². The van der Waals surface area contributed by atoms with Gasteiger partial charge >= 0.3 is 0 Å². The average Bonchev–Trinajstić information content (AvgIpc) is 2.73. The van der Waals surface area contributed by atoms with Crippen LogP contribution in [0.1, 0.15) is 19.3 Å². The lowest BCUT2D eigenvalue weighted by molar-refractivity contribution is -0.138. The van der Waals surface area contributed by atoms with Crippen molar-refractivity contribution in [2.75, 3.05) is 18.6 Å². The molecule has 0 radical (unpaired) electrons. The topological polar surface area (TPSA) is 89.4 Å². The van der Waals surface area contributed by atoms with E-state index >= 15 is 0 Å². The Hall–Kier alpha value is -0.750. The maximum absolute atomic E-state index is 11.9. The van der Waals surface area contributed by atoms with E-state index in [1.807, 2.05) is 6.26 Å². The van der Waals surface area contributed by atoms with Crippen LogP contribution < -0.4 is 11.5 Å². The van der Waals surface area contributed by atoms with Gasteiger partial charge in [-0.3, -0.25) is 9.59 Å². The fourth-order valence-electron chi connectivity index (χ4n) is 1.91. The number of thioether (sulfide) groups is 1. The molecule has 0 saturated carbocycles. The van der Waals surface area contributed by atoms with Crippen molar-refractivity contribution >= 4 is 23.6 Å². The minimum Gasteiger partial charge on any atom is -0.368 e. The zero-order chi connectivity index (χ0) is 12.1. The Morgan fingerprint density at radius 2 is 2.25 bits per heavy atom. The molecule has 4 N–H and O–H groups in total. The van der Waals surface area contributed by atoms with Gasteiger partial charge in [-0.15, -0.1) is 0 Å². The Bertz CT molecular complexity index is 273. The molecule has 1 rings (SSSR count). The number of amides is 2. The standard InChI is InChI=1S/C10H19N3O2S/c1-16-6-4-7(11)10(15)13-5-2-3-8(13)9(12)14/h7-8H,2-6,11H2,1H3,(H2,12,14)/t7-,8?/m1/s1. The minimum absolute atomic E-state index is 0.143. The number of likely N-dealkylation sites (tertiary alicyclic amines) is 1. The zero-order valence-corrected chi connectivity index (χ0v) is 10.3. The molecule has 16 heavy (non-hydrogen) atoms. The van der Waals surface area contributed by atoms with Crippen LogP contribution in [0.25, 0.3) is 0 Å². The van der Waals surface area contributed by atoms with Crippen molar-refractivity contribution in [1.29, 1.82) is 0 Å². The highest BCUT2D eigenvalue weighted by molar-refractivity contribution is 7.98. The van der Waals surface area contributed by atoms with Gasteiger partial charge in [-0.1, -0.05) is 0 Å². The second kappa shape index (κ2) is 6.10. The van der Waals surface area contributed by atoms with Crippen LogP contribution in [0.5, 0.6) is 0 Å². The second-order valence-corrected chi connectivity index (χ2v) is 4.97. The van der Waals surface area contributed by atoms with Crippen LogP contribution in [-0.2, 0) is 9.59 Å². The van der Waals surface area contributed by atoms with Gasteiger partial charge in [0.2, 0.25) is 11.8 Å². The minimum atomic E-state index is -0.507. The van der Waals surface area contributed by atoms with Crippen molar-refractivity contribution in [2.45, 2.75) is 31.3 Å². The molecule has 1 aliphatic heterocycles. The van der Waals surface area contributed by atoms with Gasteiger partial charge in [-0.2, -0.15) is 11.8 Å². The molecule has 2 amide bonds. The van der Waals surface area contributed by atoms with E-state index in [1.54, 1.807) is 11.8 Å². The number of primary amides is 1. The smallest absolute Gasteiger partial charge is 0.240 e. The van der Waals surface area contributed by atoms with E-state index in [1.165, 1.54) is 4.90 Å². The van der Waals surface area contributed by atoms with Gasteiger partial charge in [-0.25, -0.2) is 0 Å². The van der Waals surface area contributed by atoms with Crippen LogP contribution in [0.2, 0.25) is 0 Å². The lowest BCUT2D eigenvalue weighted by Crippen LogP contribution is -2.50. The molecule has 0 aromatic rings. The van der Waals surface area contributed by atoms with Gasteiger partial charge in [-0.05, 0) is 31.3 Å². The summed E-state index contributed by atoms with van der Waals surface area (Å²) >= 11 is 1.65. The molecule has 0 spiro atoms. The van der Waals surface area contributed by atoms with Crippen LogP contribution in [0.4, 0.5) is 0 Å². The predicted octanol–water partition coefficient (Wildman–Crippen LogP) is -0.457. The fourth-order valence-corrected chi connectivity index (χ4v) is 2.40. The third-order valence-electron chi connectivity index (χ3n) is 2.81. The van der Waals surface area contributed by atoms with E-state index < -0.39 is 18.0 Å². The lowest BCUT2D eigenvalue weighted by atomic mass is 10.1. The van der Waals surface area contributed by atoms with Crippen molar-refractivity contribution in [3.63, 3.8) is 0 Å². The number of rotatable bonds is 5. The molecule has 0 aromatic heterocycles. The van der Waals surface area contributed by atoms with Crippen molar-refractivity contribution in [1.82, 2.24) is 4.90 Å². The quantitative estimate of drug-likeness (QED) is 0.686. The Morgan fingerprint density at radius 3 is 2.81 bits per heavy atom. The number of hydrogen-bond donors (Lipinski definition) is 2. The highest BCUT2D eigenvalue weighted by atomic mass is 32.2. The van der Waals surface area contributed by atoms with Crippen LogP contribution in [0.3, 0.4) is 0 Å². The van der Waals surface area contributed by atoms with E-state index in [9.17, 15) is 9.59 Å². The van der Waals surface area contributed by atoms with E-state index in [-0.39, 0.29) is 5.91 Å². The number of nitrogens with zero attached hydrogens (tertiary/aromatic N) is 1. The monoisotopic (exact) mass is 245 g/mol. The van der Waals surface area contributed by atoms with Crippen molar-refractivity contribution in [3.8, 4) is 0 Å². The number of carbonyl (C=O) groups excluding carboxylic acids is 2. The van der Waals surface area contributed by atoms with Gasteiger partial charge in [0.25, 0.3) is 0 Å². The third-order valence-corrected chi connectivity index (χ3v) is 3.46. The van der Waals surface area contributed by atoms with Crippen LogP contribution in [0.15, 0.2) is 0 Å². The summed E-state index contributed by atoms with van der Waals surface area (Å²) < 4.78 is 0. The zero-order valence-electron chi connectivity index (χ0n) is 9.52. The molecule has 1 heterocycles. The normalized spacial score (nSPS) is 22.1. The third kappa shape index (κ3) is 3.12. The summed E-state index contributed by atoms with van der Waals surface area (Å²) in [7, 11) is 0. The number of hydrogen-bond acceptors (Lipinski definition) is 4. The molecule has 92 valence electrons. The van der Waals surface area contributed by atoms with E-state index in [2.05, 4.69) is 0 Å². The van der Waals surface area contributed by atoms with E-state index in [4.69, 9.17) is 11.5 Å². The summed E-state index contributed by atoms with van der Waals surface area (Å²) in [6.07, 6.45) is 4.10. The molecular formula is C10H19N3O2S. The molecule has 1 saturated heterocycles. The maximum Gasteiger partial charge on any atom is 0.240 e. The molecular weight excluding hydrogens is 226 g/mol. The summed E-state index contributed by atoms with van der Waals surface area (Å²) in [6.45, 7) is 0.597. The molecule has 5 nitrogen and oxygen atoms in total. The first-order chi connectivity index (χ1) is 7.57. The Kier molecular flexibility index (Phi) is 5.08. The summed E-state index contributed by atoms with van der Waals surface area (Å²) in [5.74, 6) is 0.278. The molecule has 6 heteroatoms. The summed E-state index contributed by atoms with van der Waals surface area (Å²) in [6, 6.07) is -0.958. The number of carbonyl (C=O) groups is 2. The SMILES string of the molecule is CSCC[C@@H](N)C(=O)N1CCCC1C(N)=O. The largest absolute Gasteiger partial charge is 0.368 e. The molecule has 1 aliphatic rings. The van der Waals surface area contributed by atoms with Gasteiger partial charge in [0.1, 0.15) is 6.04 Å². The summed E-state index contributed by atoms with van der Waals surface area (Å²) in [5, 5.41) is 0. The first kappa shape index (κ1) is 13.3. The summed E-state index contributed by atoms with van der Waals surface area (Å²) in [5.41, 5.74) is 11.0. The molecule has 2 atom stereocenters. The highest BCUT2D eigenvalue weighted by Crippen LogP contribution is 2.18. The van der Waals surface area contributed by atoms with Crippen molar-refractivity contribution in [3.05, 3.63) is 0 Å². The molecule has 0 bridgehead atoms. The van der Waals surface area contributed by atoms with E-state index in [0.717, 1.165) is 12.2 Å². The lowest BCUT2D eigenvalue weighted by Gasteiger charge is -2.25. The molecule has 1 fully saturated rings. The fraction of sp³-hybridized carbons (Fsp3) is 0.800. The average molecular weight is 245 g/mol. The summed E-state index contributed by atoms with van der Waals surface area (Å²) in [4.78, 5) is 24.6. The second-order valence-electron chi connectivity index (χ2n) is 3.98. The van der Waals surface area contributed by atoms with Crippen LogP contribution in [0, 0.1) is 0 Å². The van der Waals surface area contributed by atoms with Crippen LogP contribution in [-0.4, -0.2) is 47.4 Å². The molecule has 1 unspecified atom stereocenters. The first-order valence-corrected chi connectivity index (χ1v) is 6.81. The van der Waals surface area contributed by atoms with Crippen LogP contribution >= 0.6 is 11.8 Å². The predicted molar refractivity (Wildman–Crippen MR) is 64.9 cm³/mol. The van der Waals surface area contributed by atoms with Crippen molar-refractivity contribution in [2.24, 2.45) is 11.5 Å². The Labute approximate surface area is 99.9 Å². The van der Waals surface area contributed by atoms with Gasteiger partial charge < -0.3 is 16.4 Å².